The van der Waals surface area contributed by atoms with Gasteiger partial charge in [-0.1, -0.05) is 18.2 Å². The summed E-state index contributed by atoms with van der Waals surface area (Å²) < 4.78 is 19.1. The summed E-state index contributed by atoms with van der Waals surface area (Å²) in [5.74, 6) is -1.65. The van der Waals surface area contributed by atoms with Crippen LogP contribution in [0, 0.1) is 0 Å². The molecule has 9 heteroatoms. The highest BCUT2D eigenvalue weighted by Gasteiger charge is 2.56. The molecule has 148 valence electrons. The van der Waals surface area contributed by atoms with Crippen LogP contribution in [0.3, 0.4) is 0 Å². The first kappa shape index (κ1) is 18.8. The van der Waals surface area contributed by atoms with Crippen molar-refractivity contribution >= 4 is 5.91 Å². The number of nitrogens with zero attached hydrogens (tertiary/aromatic N) is 2. The Labute approximate surface area is 159 Å². The van der Waals surface area contributed by atoms with Crippen molar-refractivity contribution in [3.05, 3.63) is 69.0 Å². The highest BCUT2D eigenvalue weighted by Crippen LogP contribution is 2.42. The van der Waals surface area contributed by atoms with Crippen LogP contribution in [-0.4, -0.2) is 50.9 Å². The number of carbonyl (C=O) groups is 1. The molecular weight excluding hydrogens is 368 g/mol. The van der Waals surface area contributed by atoms with E-state index < -0.39 is 47.5 Å². The molecule has 0 spiro atoms. The quantitative estimate of drug-likeness (QED) is 0.795. The van der Waals surface area contributed by atoms with Gasteiger partial charge < -0.3 is 19.3 Å². The molecule has 3 heterocycles. The normalized spacial score (nSPS) is 28.2. The van der Waals surface area contributed by atoms with E-state index >= 15 is 0 Å². The Balaban J connectivity index is 1.77. The van der Waals surface area contributed by atoms with Gasteiger partial charge in [-0.15, -0.1) is 0 Å². The van der Waals surface area contributed by atoms with Crippen molar-refractivity contribution in [2.24, 2.45) is 0 Å². The first-order valence-electron chi connectivity index (χ1n) is 8.88. The van der Waals surface area contributed by atoms with E-state index in [1.807, 2.05) is 0 Å². The maximum atomic E-state index is 13.0. The monoisotopic (exact) mass is 388 g/mol. The van der Waals surface area contributed by atoms with Crippen molar-refractivity contribution in [3.8, 4) is 0 Å². The number of hydrogen-bond donors (Lipinski definition) is 1. The van der Waals surface area contributed by atoms with Gasteiger partial charge in [0, 0.05) is 17.8 Å². The Kier molecular flexibility index (Phi) is 4.54. The molecule has 0 bridgehead atoms. The van der Waals surface area contributed by atoms with Gasteiger partial charge in [-0.3, -0.25) is 14.2 Å². The molecule has 28 heavy (non-hydrogen) atoms. The third-order valence-corrected chi connectivity index (χ3v) is 4.81. The zero-order chi connectivity index (χ0) is 20.1. The van der Waals surface area contributed by atoms with E-state index in [-0.39, 0.29) is 12.2 Å². The van der Waals surface area contributed by atoms with Gasteiger partial charge in [0.15, 0.2) is 12.0 Å². The number of benzene rings is 1. The number of aliphatic hydroxyl groups excluding tert-OH is 1. The predicted molar refractivity (Wildman–Crippen MR) is 96.0 cm³/mol. The van der Waals surface area contributed by atoms with E-state index in [0.29, 0.717) is 4.57 Å². The van der Waals surface area contributed by atoms with Crippen molar-refractivity contribution in [2.75, 3.05) is 6.61 Å². The molecule has 2 aliphatic heterocycles. The van der Waals surface area contributed by atoms with Gasteiger partial charge in [0.05, 0.1) is 6.61 Å². The minimum absolute atomic E-state index is 0.208. The highest BCUT2D eigenvalue weighted by molar-refractivity contribution is 5.95. The maximum Gasteiger partial charge on any atom is 0.340 e. The van der Waals surface area contributed by atoms with E-state index in [0.717, 1.165) is 10.6 Å². The van der Waals surface area contributed by atoms with Crippen molar-refractivity contribution in [1.29, 1.82) is 0 Å². The minimum Gasteiger partial charge on any atom is -0.394 e. The van der Waals surface area contributed by atoms with Crippen molar-refractivity contribution in [3.63, 3.8) is 0 Å². The fourth-order valence-corrected chi connectivity index (χ4v) is 3.61. The Hall–Kier alpha value is -2.59. The summed E-state index contributed by atoms with van der Waals surface area (Å²) in [5.41, 5.74) is -1.39. The van der Waals surface area contributed by atoms with Gasteiger partial charge in [0.2, 0.25) is 0 Å². The first-order chi connectivity index (χ1) is 13.3. The number of rotatable bonds is 3. The number of ether oxygens (including phenoxy) is 3. The molecule has 1 aromatic carbocycles. The third-order valence-electron chi connectivity index (χ3n) is 4.81. The van der Waals surface area contributed by atoms with Gasteiger partial charge in [-0.2, -0.15) is 4.57 Å². The Morgan fingerprint density at radius 2 is 1.79 bits per heavy atom. The second-order valence-electron chi connectivity index (χ2n) is 7.16. The fourth-order valence-electron chi connectivity index (χ4n) is 3.61. The fraction of sp³-hybridized carbons (Fsp3) is 0.421. The smallest absolute Gasteiger partial charge is 0.340 e. The molecule has 0 aliphatic carbocycles. The summed E-state index contributed by atoms with van der Waals surface area (Å²) in [6.07, 6.45) is -1.65. The Morgan fingerprint density at radius 1 is 1.11 bits per heavy atom. The van der Waals surface area contributed by atoms with E-state index in [2.05, 4.69) is 0 Å². The lowest BCUT2D eigenvalue weighted by molar-refractivity contribution is -0.200. The molecule has 2 aliphatic rings. The van der Waals surface area contributed by atoms with E-state index in [4.69, 9.17) is 14.2 Å². The molecule has 4 rings (SSSR count). The van der Waals surface area contributed by atoms with E-state index in [1.165, 1.54) is 18.3 Å². The molecule has 9 nitrogen and oxygen atoms in total. The molecule has 1 N–H and O–H groups in total. The molecule has 0 amide bonds. The number of hydrogen-bond acceptors (Lipinski definition) is 7. The number of carbonyl (C=O) groups excluding carboxylic acids is 1. The molecule has 2 aromatic rings. The average molecular weight is 388 g/mol. The average Bonchev–Trinajstić information content (AvgIpc) is 3.15. The maximum absolute atomic E-state index is 13.0. The predicted octanol–water partition coefficient (Wildman–Crippen LogP) is 0.108. The Morgan fingerprint density at radius 3 is 2.46 bits per heavy atom. The van der Waals surface area contributed by atoms with Gasteiger partial charge in [-0.25, -0.2) is 4.79 Å². The largest absolute Gasteiger partial charge is 0.394 e. The minimum atomic E-state index is -0.952. The standard InChI is InChI=1S/C19H20N2O7/c1-19(2)27-14-12(10-22)26-17(15(14)28-19)20-9-8-13(23)21(18(20)25)16(24)11-6-4-3-5-7-11/h3-9,12,14-15,17,22H,10H2,1-2H3/t12-,14-,15-,17-/m1/s1. The zero-order valence-corrected chi connectivity index (χ0v) is 15.3. The van der Waals surface area contributed by atoms with Crippen LogP contribution < -0.4 is 11.2 Å². The van der Waals surface area contributed by atoms with Gasteiger partial charge in [-0.05, 0) is 26.0 Å². The molecular formula is C19H20N2O7. The van der Waals surface area contributed by atoms with Crippen LogP contribution in [0.4, 0.5) is 0 Å². The van der Waals surface area contributed by atoms with E-state index in [9.17, 15) is 19.5 Å². The molecule has 1 aromatic heterocycles. The summed E-state index contributed by atoms with van der Waals surface area (Å²) in [6, 6.07) is 9.17. The molecule has 0 unspecified atom stereocenters. The number of aromatic nitrogens is 2. The molecule has 4 atom stereocenters. The summed E-state index contributed by atoms with van der Waals surface area (Å²) in [4.78, 5) is 38.0. The van der Waals surface area contributed by atoms with Crippen LogP contribution >= 0.6 is 0 Å². The van der Waals surface area contributed by atoms with E-state index in [1.54, 1.807) is 32.0 Å². The SMILES string of the molecule is CC1(C)O[C@@H]2[C@H](O1)[C@@H](CO)O[C@H]2n1ccc(=O)n(C(=O)c2ccccc2)c1=O. The number of aliphatic hydroxyl groups is 1. The second kappa shape index (κ2) is 6.78. The first-order valence-corrected chi connectivity index (χ1v) is 8.88. The van der Waals surface area contributed by atoms with Crippen LogP contribution in [0.2, 0.25) is 0 Å². The summed E-state index contributed by atoms with van der Waals surface area (Å²) in [6.45, 7) is 3.12. The second-order valence-corrected chi connectivity index (χ2v) is 7.16. The van der Waals surface area contributed by atoms with Crippen LogP contribution in [0.15, 0.2) is 52.2 Å². The van der Waals surface area contributed by atoms with Crippen molar-refractivity contribution in [1.82, 2.24) is 9.13 Å². The highest BCUT2D eigenvalue weighted by atomic mass is 16.8. The zero-order valence-electron chi connectivity index (χ0n) is 15.3. The van der Waals surface area contributed by atoms with Gasteiger partial charge in [0.1, 0.15) is 18.3 Å². The summed E-state index contributed by atoms with van der Waals surface area (Å²) in [5, 5.41) is 9.60. The van der Waals surface area contributed by atoms with Gasteiger partial charge in [0.25, 0.3) is 11.5 Å². The molecule has 0 saturated carbocycles. The molecule has 2 fully saturated rings. The third kappa shape index (κ3) is 3.02. The molecule has 0 radical (unpaired) electrons. The number of fused-ring (bicyclic) bond motifs is 1. The summed E-state index contributed by atoms with van der Waals surface area (Å²) >= 11 is 0. The van der Waals surface area contributed by atoms with Crippen LogP contribution in [0.25, 0.3) is 0 Å². The van der Waals surface area contributed by atoms with Gasteiger partial charge >= 0.3 is 5.69 Å². The van der Waals surface area contributed by atoms with Crippen LogP contribution in [0.5, 0.6) is 0 Å². The Bertz CT molecular complexity index is 1010. The van der Waals surface area contributed by atoms with Crippen molar-refractivity contribution < 1.29 is 24.1 Å². The lowest BCUT2D eigenvalue weighted by Gasteiger charge is -2.24. The lowest BCUT2D eigenvalue weighted by atomic mass is 10.1. The topological polar surface area (TPSA) is 109 Å². The summed E-state index contributed by atoms with van der Waals surface area (Å²) in [7, 11) is 0. The lowest BCUT2D eigenvalue weighted by Crippen LogP contribution is -2.46. The van der Waals surface area contributed by atoms with Crippen LogP contribution in [0.1, 0.15) is 30.4 Å². The van der Waals surface area contributed by atoms with Crippen LogP contribution in [-0.2, 0) is 14.2 Å². The molecule has 2 saturated heterocycles. The van der Waals surface area contributed by atoms with Crippen molar-refractivity contribution in [2.45, 2.75) is 44.2 Å².